The lowest BCUT2D eigenvalue weighted by atomic mass is 10.0. The molecule has 3 aromatic rings. The summed E-state index contributed by atoms with van der Waals surface area (Å²) in [5, 5.41) is 7.21. The molecule has 2 aromatic carbocycles. The van der Waals surface area contributed by atoms with Crippen LogP contribution < -0.4 is 5.43 Å². The van der Waals surface area contributed by atoms with Crippen LogP contribution in [0.5, 0.6) is 0 Å². The Labute approximate surface area is 144 Å². The Balaban J connectivity index is 1.80. The van der Waals surface area contributed by atoms with Gasteiger partial charge in [-0.3, -0.25) is 4.79 Å². The number of thiazole rings is 1. The van der Waals surface area contributed by atoms with Crippen molar-refractivity contribution < 1.29 is 4.79 Å². The van der Waals surface area contributed by atoms with Crippen LogP contribution in [0.15, 0.2) is 71.1 Å². The van der Waals surface area contributed by atoms with Crippen molar-refractivity contribution >= 4 is 23.0 Å². The molecule has 0 atom stereocenters. The molecule has 0 radical (unpaired) electrons. The van der Waals surface area contributed by atoms with E-state index in [4.69, 9.17) is 0 Å². The topological polar surface area (TPSA) is 54.4 Å². The molecule has 24 heavy (non-hydrogen) atoms. The fourth-order valence-corrected chi connectivity index (χ4v) is 2.91. The lowest BCUT2D eigenvalue weighted by Crippen LogP contribution is -2.22. The first kappa shape index (κ1) is 16.1. The van der Waals surface area contributed by atoms with E-state index in [1.165, 1.54) is 11.3 Å². The summed E-state index contributed by atoms with van der Waals surface area (Å²) >= 11 is 1.54. The fraction of sp³-hybridized carbons (Fsp3) is 0.105. The number of hydrogen-bond acceptors (Lipinski definition) is 4. The molecule has 1 amide bonds. The van der Waals surface area contributed by atoms with Gasteiger partial charge in [0.25, 0.3) is 0 Å². The standard InChI is InChI=1S/C19H17N3OS/c1-14-20-17(13-24-14)12-18(23)21-22-19(15-8-4-2-5-9-15)16-10-6-3-7-11-16/h2-11,13H,12H2,1H3,(H,21,23). The monoisotopic (exact) mass is 335 g/mol. The molecule has 4 nitrogen and oxygen atoms in total. The van der Waals surface area contributed by atoms with Crippen LogP contribution >= 0.6 is 11.3 Å². The van der Waals surface area contributed by atoms with Crippen LogP contribution in [0.2, 0.25) is 0 Å². The average molecular weight is 335 g/mol. The quantitative estimate of drug-likeness (QED) is 0.572. The van der Waals surface area contributed by atoms with E-state index in [2.05, 4.69) is 15.5 Å². The van der Waals surface area contributed by atoms with Crippen LogP contribution in [0.1, 0.15) is 21.8 Å². The fourth-order valence-electron chi connectivity index (χ4n) is 2.30. The molecule has 0 aliphatic rings. The number of carbonyl (C=O) groups excluding carboxylic acids is 1. The summed E-state index contributed by atoms with van der Waals surface area (Å²) in [7, 11) is 0. The molecule has 0 bridgehead atoms. The molecular weight excluding hydrogens is 318 g/mol. The Morgan fingerprint density at radius 3 is 2.12 bits per heavy atom. The average Bonchev–Trinajstić information content (AvgIpc) is 3.02. The Kier molecular flexibility index (Phi) is 5.13. The van der Waals surface area contributed by atoms with Gasteiger partial charge in [-0.25, -0.2) is 10.4 Å². The number of carbonyl (C=O) groups is 1. The number of amides is 1. The third-order valence-electron chi connectivity index (χ3n) is 3.40. The number of nitrogens with one attached hydrogen (secondary N) is 1. The number of rotatable bonds is 5. The highest BCUT2D eigenvalue weighted by molar-refractivity contribution is 7.09. The highest BCUT2D eigenvalue weighted by Crippen LogP contribution is 2.11. The number of nitrogens with zero attached hydrogens (tertiary/aromatic N) is 2. The molecule has 5 heteroatoms. The van der Waals surface area contributed by atoms with Crippen molar-refractivity contribution in [1.29, 1.82) is 0 Å². The summed E-state index contributed by atoms with van der Waals surface area (Å²) in [5.41, 5.74) is 6.06. The Morgan fingerprint density at radius 2 is 1.62 bits per heavy atom. The molecule has 120 valence electrons. The van der Waals surface area contributed by atoms with Crippen molar-refractivity contribution in [2.45, 2.75) is 13.3 Å². The maximum Gasteiger partial charge on any atom is 0.246 e. The molecule has 1 aromatic heterocycles. The molecule has 0 fully saturated rings. The summed E-state index contributed by atoms with van der Waals surface area (Å²) in [6, 6.07) is 19.6. The van der Waals surface area contributed by atoms with Crippen molar-refractivity contribution in [3.8, 4) is 0 Å². The maximum atomic E-state index is 12.1. The minimum absolute atomic E-state index is 0.176. The molecule has 0 saturated heterocycles. The number of aromatic nitrogens is 1. The molecule has 0 saturated carbocycles. The highest BCUT2D eigenvalue weighted by Gasteiger charge is 2.09. The molecule has 0 unspecified atom stereocenters. The van der Waals surface area contributed by atoms with Crippen molar-refractivity contribution in [3.63, 3.8) is 0 Å². The molecule has 0 aliphatic carbocycles. The first-order valence-electron chi connectivity index (χ1n) is 7.61. The summed E-state index contributed by atoms with van der Waals surface area (Å²) in [6.07, 6.45) is 0.227. The number of hydrazone groups is 1. The largest absolute Gasteiger partial charge is 0.273 e. The first-order chi connectivity index (χ1) is 11.7. The van der Waals surface area contributed by atoms with E-state index in [0.29, 0.717) is 0 Å². The highest BCUT2D eigenvalue weighted by atomic mass is 32.1. The van der Waals surface area contributed by atoms with Gasteiger partial charge in [0.1, 0.15) is 0 Å². The summed E-state index contributed by atoms with van der Waals surface area (Å²) in [4.78, 5) is 16.4. The van der Waals surface area contributed by atoms with Gasteiger partial charge in [0.2, 0.25) is 5.91 Å². The van der Waals surface area contributed by atoms with Gasteiger partial charge in [0, 0.05) is 16.5 Å². The summed E-state index contributed by atoms with van der Waals surface area (Å²) in [6.45, 7) is 1.92. The zero-order chi connectivity index (χ0) is 16.8. The lowest BCUT2D eigenvalue weighted by molar-refractivity contribution is -0.120. The van der Waals surface area contributed by atoms with Gasteiger partial charge in [-0.1, -0.05) is 60.7 Å². The SMILES string of the molecule is Cc1nc(CC(=O)NN=C(c2ccccc2)c2ccccc2)cs1. The lowest BCUT2D eigenvalue weighted by Gasteiger charge is -2.07. The minimum atomic E-state index is -0.176. The van der Waals surface area contributed by atoms with Gasteiger partial charge < -0.3 is 0 Å². The molecule has 1 N–H and O–H groups in total. The van der Waals surface area contributed by atoms with Crippen LogP contribution in [0.4, 0.5) is 0 Å². The predicted molar refractivity (Wildman–Crippen MR) is 97.2 cm³/mol. The van der Waals surface area contributed by atoms with Gasteiger partial charge in [-0.15, -0.1) is 11.3 Å². The van der Waals surface area contributed by atoms with E-state index in [0.717, 1.165) is 27.5 Å². The second-order valence-corrected chi connectivity index (χ2v) is 6.32. The van der Waals surface area contributed by atoms with Crippen LogP contribution in [-0.2, 0) is 11.2 Å². The first-order valence-corrected chi connectivity index (χ1v) is 8.49. The second kappa shape index (κ2) is 7.66. The molecular formula is C19H17N3OS. The smallest absolute Gasteiger partial charge is 0.246 e. The van der Waals surface area contributed by atoms with Crippen LogP contribution in [0.25, 0.3) is 0 Å². The van der Waals surface area contributed by atoms with Gasteiger partial charge in [0.05, 0.1) is 22.8 Å². The van der Waals surface area contributed by atoms with E-state index >= 15 is 0 Å². The molecule has 1 heterocycles. The van der Waals surface area contributed by atoms with Crippen molar-refractivity contribution in [2.24, 2.45) is 5.10 Å². The Morgan fingerprint density at radius 1 is 1.04 bits per heavy atom. The summed E-state index contributed by atoms with van der Waals surface area (Å²) < 4.78 is 0. The third-order valence-corrected chi connectivity index (χ3v) is 4.22. The van der Waals surface area contributed by atoms with E-state index in [-0.39, 0.29) is 12.3 Å². The zero-order valence-electron chi connectivity index (χ0n) is 13.3. The van der Waals surface area contributed by atoms with Gasteiger partial charge in [-0.05, 0) is 6.92 Å². The van der Waals surface area contributed by atoms with E-state index in [1.807, 2.05) is 73.0 Å². The zero-order valence-corrected chi connectivity index (χ0v) is 14.1. The molecule has 0 aliphatic heterocycles. The Hall–Kier alpha value is -2.79. The number of aryl methyl sites for hydroxylation is 1. The third kappa shape index (κ3) is 4.14. The van der Waals surface area contributed by atoms with Crippen LogP contribution in [-0.4, -0.2) is 16.6 Å². The van der Waals surface area contributed by atoms with Crippen LogP contribution in [0, 0.1) is 6.92 Å². The van der Waals surface area contributed by atoms with Gasteiger partial charge in [0.15, 0.2) is 0 Å². The Bertz CT molecular complexity index is 800. The predicted octanol–water partition coefficient (Wildman–Crippen LogP) is 3.56. The normalized spacial score (nSPS) is 10.2. The van der Waals surface area contributed by atoms with Gasteiger partial charge >= 0.3 is 0 Å². The van der Waals surface area contributed by atoms with E-state index in [9.17, 15) is 4.79 Å². The van der Waals surface area contributed by atoms with Gasteiger partial charge in [-0.2, -0.15) is 5.10 Å². The second-order valence-electron chi connectivity index (χ2n) is 5.26. The number of hydrogen-bond donors (Lipinski definition) is 1. The molecule has 0 spiro atoms. The van der Waals surface area contributed by atoms with Crippen LogP contribution in [0.3, 0.4) is 0 Å². The van der Waals surface area contributed by atoms with Crippen molar-refractivity contribution in [1.82, 2.24) is 10.4 Å². The van der Waals surface area contributed by atoms with Crippen molar-refractivity contribution in [2.75, 3.05) is 0 Å². The number of benzene rings is 2. The van der Waals surface area contributed by atoms with E-state index in [1.54, 1.807) is 0 Å². The van der Waals surface area contributed by atoms with E-state index < -0.39 is 0 Å². The maximum absolute atomic E-state index is 12.1. The summed E-state index contributed by atoms with van der Waals surface area (Å²) in [5.74, 6) is -0.176. The minimum Gasteiger partial charge on any atom is -0.273 e. The van der Waals surface area contributed by atoms with Crippen molar-refractivity contribution in [3.05, 3.63) is 87.9 Å². The molecule has 3 rings (SSSR count).